The van der Waals surface area contributed by atoms with Gasteiger partial charge in [0.2, 0.25) is 0 Å². The number of aromatic nitrogens is 2. The van der Waals surface area contributed by atoms with Crippen molar-refractivity contribution < 1.29 is 4.74 Å². The fourth-order valence-corrected chi connectivity index (χ4v) is 1.87. The lowest BCUT2D eigenvalue weighted by molar-refractivity contribution is 0.134. The molecule has 4 nitrogen and oxygen atoms in total. The van der Waals surface area contributed by atoms with E-state index in [1.165, 1.54) is 0 Å². The first-order valence-corrected chi connectivity index (χ1v) is 7.59. The summed E-state index contributed by atoms with van der Waals surface area (Å²) in [6, 6.07) is 1.90. The molecule has 0 aliphatic rings. The smallest absolute Gasteiger partial charge is 0.137 e. The Morgan fingerprint density at radius 2 is 2.00 bits per heavy atom. The predicted molar refractivity (Wildman–Crippen MR) is 82.6 cm³/mol. The van der Waals surface area contributed by atoms with Crippen LogP contribution in [0.1, 0.15) is 46.4 Å². The first-order valence-electron chi connectivity index (χ1n) is 6.80. The third kappa shape index (κ3) is 6.34. The minimum absolute atomic E-state index is 0.0511. The van der Waals surface area contributed by atoms with Crippen LogP contribution in [0.3, 0.4) is 0 Å². The number of nitrogens with one attached hydrogen (secondary N) is 1. The molecule has 1 aromatic rings. The van der Waals surface area contributed by atoms with E-state index in [0.717, 1.165) is 48.8 Å². The van der Waals surface area contributed by atoms with E-state index in [0.29, 0.717) is 0 Å². The van der Waals surface area contributed by atoms with Crippen LogP contribution in [0.25, 0.3) is 0 Å². The molecule has 1 rings (SSSR count). The van der Waals surface area contributed by atoms with Crippen LogP contribution in [0, 0.1) is 0 Å². The number of halogens is 1. The Bertz CT molecular complexity index is 391. The highest BCUT2D eigenvalue weighted by Gasteiger charge is 2.18. The molecular formula is C14H24BrN3O. The molecule has 1 aromatic heterocycles. The summed E-state index contributed by atoms with van der Waals surface area (Å²) in [5, 5.41) is 3.31. The van der Waals surface area contributed by atoms with Crippen LogP contribution in [0.15, 0.2) is 10.7 Å². The van der Waals surface area contributed by atoms with E-state index in [-0.39, 0.29) is 5.41 Å². The molecule has 0 aliphatic heterocycles. The Balaban J connectivity index is 2.48. The van der Waals surface area contributed by atoms with Crippen molar-refractivity contribution in [3.05, 3.63) is 16.5 Å². The Kier molecular flexibility index (Phi) is 6.72. The minimum Gasteiger partial charge on any atom is -0.381 e. The summed E-state index contributed by atoms with van der Waals surface area (Å²) in [6.07, 6.45) is 2.05. The normalized spacial score (nSPS) is 11.6. The fraction of sp³-hybridized carbons (Fsp3) is 0.714. The molecule has 0 aromatic carbocycles. The van der Waals surface area contributed by atoms with Crippen LogP contribution < -0.4 is 5.32 Å². The average molecular weight is 330 g/mol. The molecule has 0 bridgehead atoms. The van der Waals surface area contributed by atoms with Crippen molar-refractivity contribution in [2.45, 2.75) is 46.0 Å². The van der Waals surface area contributed by atoms with Gasteiger partial charge in [-0.1, -0.05) is 27.7 Å². The molecule has 0 atom stereocenters. The van der Waals surface area contributed by atoms with E-state index in [9.17, 15) is 0 Å². The van der Waals surface area contributed by atoms with Crippen molar-refractivity contribution in [3.8, 4) is 0 Å². The summed E-state index contributed by atoms with van der Waals surface area (Å²) < 4.78 is 6.26. The molecule has 1 N–H and O–H groups in total. The van der Waals surface area contributed by atoms with E-state index >= 15 is 0 Å². The number of ether oxygens (including phenoxy) is 1. The SMILES string of the molecule is CCCOCCCNc1cc(Br)nc(C(C)(C)C)n1. The van der Waals surface area contributed by atoms with Crippen LogP contribution in [0.2, 0.25) is 0 Å². The van der Waals surface area contributed by atoms with Gasteiger partial charge in [-0.2, -0.15) is 0 Å². The molecule has 0 saturated carbocycles. The van der Waals surface area contributed by atoms with Gasteiger partial charge in [0.25, 0.3) is 0 Å². The van der Waals surface area contributed by atoms with Crippen molar-refractivity contribution >= 4 is 21.7 Å². The standard InChI is InChI=1S/C14H24BrN3O/c1-5-8-19-9-6-7-16-12-10-11(15)17-13(18-12)14(2,3)4/h10H,5-9H2,1-4H3,(H,16,17,18). The zero-order valence-corrected chi connectivity index (χ0v) is 13.9. The van der Waals surface area contributed by atoms with E-state index in [1.807, 2.05) is 6.07 Å². The van der Waals surface area contributed by atoms with Crippen molar-refractivity contribution in [2.24, 2.45) is 0 Å². The monoisotopic (exact) mass is 329 g/mol. The maximum atomic E-state index is 5.44. The zero-order chi connectivity index (χ0) is 14.3. The van der Waals surface area contributed by atoms with Crippen molar-refractivity contribution in [1.82, 2.24) is 9.97 Å². The van der Waals surface area contributed by atoms with Crippen molar-refractivity contribution in [3.63, 3.8) is 0 Å². The molecule has 0 radical (unpaired) electrons. The molecule has 0 spiro atoms. The van der Waals surface area contributed by atoms with E-state index in [1.54, 1.807) is 0 Å². The molecule has 19 heavy (non-hydrogen) atoms. The topological polar surface area (TPSA) is 47.0 Å². The molecule has 5 heteroatoms. The average Bonchev–Trinajstić information content (AvgIpc) is 2.32. The molecule has 0 amide bonds. The summed E-state index contributed by atoms with van der Waals surface area (Å²) in [6.45, 7) is 10.9. The van der Waals surface area contributed by atoms with E-state index in [4.69, 9.17) is 4.74 Å². The Hall–Kier alpha value is -0.680. The Labute approximate surface area is 124 Å². The maximum Gasteiger partial charge on any atom is 0.137 e. The second kappa shape index (κ2) is 7.80. The molecule has 108 valence electrons. The third-order valence-corrected chi connectivity index (χ3v) is 2.89. The minimum atomic E-state index is -0.0511. The quantitative estimate of drug-likeness (QED) is 0.611. The highest BCUT2D eigenvalue weighted by Crippen LogP contribution is 2.22. The van der Waals surface area contributed by atoms with Gasteiger partial charge in [-0.15, -0.1) is 0 Å². The van der Waals surface area contributed by atoms with Crippen molar-refractivity contribution in [1.29, 1.82) is 0 Å². The number of anilines is 1. The lowest BCUT2D eigenvalue weighted by atomic mass is 9.96. The molecular weight excluding hydrogens is 306 g/mol. The first kappa shape index (κ1) is 16.4. The van der Waals surface area contributed by atoms with Crippen LogP contribution in [0.4, 0.5) is 5.82 Å². The highest BCUT2D eigenvalue weighted by molar-refractivity contribution is 9.10. The van der Waals surface area contributed by atoms with Gasteiger partial charge in [0.15, 0.2) is 0 Å². The molecule has 0 unspecified atom stereocenters. The highest BCUT2D eigenvalue weighted by atomic mass is 79.9. The lowest BCUT2D eigenvalue weighted by Crippen LogP contribution is -2.17. The Morgan fingerprint density at radius 3 is 2.63 bits per heavy atom. The second-order valence-electron chi connectivity index (χ2n) is 5.54. The number of hydrogen-bond acceptors (Lipinski definition) is 4. The predicted octanol–water partition coefficient (Wildman–Crippen LogP) is 3.77. The summed E-state index contributed by atoms with van der Waals surface area (Å²) in [5.41, 5.74) is -0.0511. The first-order chi connectivity index (χ1) is 8.93. The summed E-state index contributed by atoms with van der Waals surface area (Å²) in [4.78, 5) is 8.96. The molecule has 0 saturated heterocycles. The van der Waals surface area contributed by atoms with Gasteiger partial charge < -0.3 is 10.1 Å². The van der Waals surface area contributed by atoms with Gasteiger partial charge >= 0.3 is 0 Å². The summed E-state index contributed by atoms with van der Waals surface area (Å²) in [7, 11) is 0. The third-order valence-electron chi connectivity index (χ3n) is 2.49. The Morgan fingerprint density at radius 1 is 1.26 bits per heavy atom. The number of hydrogen-bond donors (Lipinski definition) is 1. The largest absolute Gasteiger partial charge is 0.381 e. The van der Waals surface area contributed by atoms with Crippen LogP contribution in [0.5, 0.6) is 0 Å². The zero-order valence-electron chi connectivity index (χ0n) is 12.3. The fourth-order valence-electron chi connectivity index (χ4n) is 1.48. The molecule has 0 fully saturated rings. The number of rotatable bonds is 7. The maximum absolute atomic E-state index is 5.44. The van der Waals surface area contributed by atoms with E-state index in [2.05, 4.69) is 58.9 Å². The van der Waals surface area contributed by atoms with Gasteiger partial charge in [-0.25, -0.2) is 9.97 Å². The van der Waals surface area contributed by atoms with Crippen LogP contribution in [-0.4, -0.2) is 29.7 Å². The number of nitrogens with zero attached hydrogens (tertiary/aromatic N) is 2. The van der Waals surface area contributed by atoms with Gasteiger partial charge in [0.05, 0.1) is 0 Å². The van der Waals surface area contributed by atoms with Crippen LogP contribution >= 0.6 is 15.9 Å². The van der Waals surface area contributed by atoms with E-state index < -0.39 is 0 Å². The lowest BCUT2D eigenvalue weighted by Gasteiger charge is -2.18. The molecule has 0 aliphatic carbocycles. The van der Waals surface area contributed by atoms with Gasteiger partial charge in [0.1, 0.15) is 16.2 Å². The summed E-state index contributed by atoms with van der Waals surface area (Å²) in [5.74, 6) is 1.70. The second-order valence-corrected chi connectivity index (χ2v) is 6.35. The van der Waals surface area contributed by atoms with Gasteiger partial charge in [-0.05, 0) is 28.8 Å². The molecule has 1 heterocycles. The van der Waals surface area contributed by atoms with Gasteiger partial charge in [-0.3, -0.25) is 0 Å². The van der Waals surface area contributed by atoms with Gasteiger partial charge in [0, 0.05) is 31.2 Å². The van der Waals surface area contributed by atoms with Crippen LogP contribution in [-0.2, 0) is 10.2 Å². The van der Waals surface area contributed by atoms with Crippen molar-refractivity contribution in [2.75, 3.05) is 25.1 Å². The summed E-state index contributed by atoms with van der Waals surface area (Å²) >= 11 is 3.43.